The lowest BCUT2D eigenvalue weighted by Gasteiger charge is -2.62. The van der Waals surface area contributed by atoms with Crippen LogP contribution >= 0.6 is 0 Å². The first-order chi connectivity index (χ1) is 16.9. The lowest BCUT2D eigenvalue weighted by Crippen LogP contribution is -2.55. The minimum Gasteiger partial charge on any atom is -0.352 e. The highest BCUT2D eigenvalue weighted by Gasteiger charge is 2.61. The van der Waals surface area contributed by atoms with Gasteiger partial charge in [0.15, 0.2) is 0 Å². The van der Waals surface area contributed by atoms with Crippen LogP contribution in [0.15, 0.2) is 24.3 Å². The molecule has 0 bridgehead atoms. The molecule has 0 aliphatic heterocycles. The number of hydrogen-bond acceptors (Lipinski definition) is 1. The van der Waals surface area contributed by atoms with Gasteiger partial charge < -0.3 is 5.32 Å². The fraction of sp³-hybridized carbons (Fsp3) is 0.794. The summed E-state index contributed by atoms with van der Waals surface area (Å²) in [5, 5.41) is 3.33. The Bertz CT molecular complexity index is 960. The molecule has 9 atom stereocenters. The molecule has 2 nitrogen and oxygen atoms in total. The SMILES string of the molecule is C[C@H](CNC(=O)c1cccc(C(C)(C)C)c1)C1CCC2C3C[C@H](C)C4CCCCC4(C)[C@H]3CCC21C. The average molecular weight is 492 g/mol. The maximum atomic E-state index is 13.1. The second-order valence-electron chi connectivity index (χ2n) is 15.2. The van der Waals surface area contributed by atoms with E-state index in [-0.39, 0.29) is 11.3 Å². The van der Waals surface area contributed by atoms with Crippen LogP contribution in [0.1, 0.15) is 122 Å². The second kappa shape index (κ2) is 9.46. The molecule has 4 aliphatic rings. The first-order valence-corrected chi connectivity index (χ1v) is 15.3. The van der Waals surface area contributed by atoms with Gasteiger partial charge in [-0.2, -0.15) is 0 Å². The Hall–Kier alpha value is -1.31. The predicted octanol–water partition coefficient (Wildman–Crippen LogP) is 8.65. The third kappa shape index (κ3) is 4.37. The molecule has 4 aliphatic carbocycles. The summed E-state index contributed by atoms with van der Waals surface area (Å²) in [6.07, 6.45) is 13.0. The molecule has 1 N–H and O–H groups in total. The fourth-order valence-corrected chi connectivity index (χ4v) is 10.4. The zero-order valence-electron chi connectivity index (χ0n) is 24.3. The van der Waals surface area contributed by atoms with Crippen LogP contribution in [0.2, 0.25) is 0 Å². The molecule has 0 heterocycles. The summed E-state index contributed by atoms with van der Waals surface area (Å²) < 4.78 is 0. The van der Waals surface area contributed by atoms with Crippen molar-refractivity contribution in [1.82, 2.24) is 5.32 Å². The van der Waals surface area contributed by atoms with Gasteiger partial charge in [0.05, 0.1) is 0 Å². The van der Waals surface area contributed by atoms with E-state index in [9.17, 15) is 4.79 Å². The van der Waals surface area contributed by atoms with E-state index in [4.69, 9.17) is 0 Å². The lowest BCUT2D eigenvalue weighted by atomic mass is 9.43. The lowest BCUT2D eigenvalue weighted by molar-refractivity contribution is -0.134. The maximum absolute atomic E-state index is 13.1. The summed E-state index contributed by atoms with van der Waals surface area (Å²) in [5.74, 6) is 6.02. The van der Waals surface area contributed by atoms with Gasteiger partial charge in [0.1, 0.15) is 0 Å². The quantitative estimate of drug-likeness (QED) is 0.448. The van der Waals surface area contributed by atoms with Gasteiger partial charge in [0, 0.05) is 12.1 Å². The molecule has 4 fully saturated rings. The molecule has 1 amide bonds. The maximum Gasteiger partial charge on any atom is 0.251 e. The van der Waals surface area contributed by atoms with Crippen LogP contribution in [-0.4, -0.2) is 12.5 Å². The van der Waals surface area contributed by atoms with E-state index in [1.165, 1.54) is 63.4 Å². The number of amides is 1. The summed E-state index contributed by atoms with van der Waals surface area (Å²) in [7, 11) is 0. The Labute approximate surface area is 221 Å². The number of nitrogens with one attached hydrogen (secondary N) is 1. The van der Waals surface area contributed by atoms with Gasteiger partial charge in [0.2, 0.25) is 0 Å². The Kier molecular flexibility index (Phi) is 6.91. The van der Waals surface area contributed by atoms with Crippen molar-refractivity contribution in [2.24, 2.45) is 52.3 Å². The first-order valence-electron chi connectivity index (χ1n) is 15.3. The normalized spacial score (nSPS) is 41.1. The van der Waals surface area contributed by atoms with Gasteiger partial charge in [-0.1, -0.05) is 73.4 Å². The number of hydrogen-bond donors (Lipinski definition) is 1. The highest BCUT2D eigenvalue weighted by Crippen LogP contribution is 2.69. The topological polar surface area (TPSA) is 29.1 Å². The summed E-state index contributed by atoms with van der Waals surface area (Å²) in [6, 6.07) is 8.21. The minimum absolute atomic E-state index is 0.0567. The van der Waals surface area contributed by atoms with Crippen LogP contribution < -0.4 is 5.32 Å². The van der Waals surface area contributed by atoms with Gasteiger partial charge in [-0.05, 0) is 120 Å². The Balaban J connectivity index is 1.26. The average Bonchev–Trinajstić information content (AvgIpc) is 3.19. The summed E-state index contributed by atoms with van der Waals surface area (Å²) in [4.78, 5) is 13.1. The van der Waals surface area contributed by atoms with E-state index in [1.807, 2.05) is 12.1 Å². The molecule has 36 heavy (non-hydrogen) atoms. The predicted molar refractivity (Wildman–Crippen MR) is 151 cm³/mol. The van der Waals surface area contributed by atoms with Crippen molar-refractivity contribution in [1.29, 1.82) is 0 Å². The molecule has 1 aromatic carbocycles. The van der Waals surface area contributed by atoms with E-state index in [0.717, 1.165) is 47.6 Å². The number of fused-ring (bicyclic) bond motifs is 5. The first kappa shape index (κ1) is 26.3. The van der Waals surface area contributed by atoms with E-state index >= 15 is 0 Å². The molecule has 0 spiro atoms. The molecule has 200 valence electrons. The number of benzene rings is 1. The molecular formula is C34H53NO. The highest BCUT2D eigenvalue weighted by molar-refractivity contribution is 5.94. The van der Waals surface area contributed by atoms with Crippen molar-refractivity contribution in [3.63, 3.8) is 0 Å². The van der Waals surface area contributed by atoms with Crippen LogP contribution in [0, 0.1) is 52.3 Å². The van der Waals surface area contributed by atoms with E-state index < -0.39 is 0 Å². The molecule has 5 rings (SSSR count). The standard InChI is InChI=1S/C34H53NO/c1-22-19-26-29-15-14-28(34(29,7)18-16-30(26)33(6)17-9-8-13-27(22)33)23(2)21-35-31(36)24-11-10-12-25(20-24)32(3,4)5/h10-12,20,22-23,26-30H,8-9,13-19,21H2,1-7H3,(H,35,36)/t22-,23+,26?,27?,28?,29?,30-,33?,34?/m0/s1. The third-order valence-electron chi connectivity index (χ3n) is 12.3. The monoisotopic (exact) mass is 491 g/mol. The van der Waals surface area contributed by atoms with Gasteiger partial charge in [0.25, 0.3) is 5.91 Å². The van der Waals surface area contributed by atoms with Crippen LogP contribution in [-0.2, 0) is 5.41 Å². The van der Waals surface area contributed by atoms with Crippen LogP contribution in [0.25, 0.3) is 0 Å². The van der Waals surface area contributed by atoms with Crippen LogP contribution in [0.5, 0.6) is 0 Å². The highest BCUT2D eigenvalue weighted by atomic mass is 16.1. The van der Waals surface area contributed by atoms with E-state index in [1.54, 1.807) is 0 Å². The van der Waals surface area contributed by atoms with Crippen molar-refractivity contribution >= 4 is 5.91 Å². The zero-order valence-corrected chi connectivity index (χ0v) is 24.3. The van der Waals surface area contributed by atoms with Crippen LogP contribution in [0.4, 0.5) is 0 Å². The molecular weight excluding hydrogens is 438 g/mol. The molecule has 0 radical (unpaired) electrons. The molecule has 1 aromatic rings. The van der Waals surface area contributed by atoms with Crippen LogP contribution in [0.3, 0.4) is 0 Å². The number of carbonyl (C=O) groups excluding carboxylic acids is 1. The molecule has 2 heteroatoms. The van der Waals surface area contributed by atoms with Gasteiger partial charge >= 0.3 is 0 Å². The summed E-state index contributed by atoms with van der Waals surface area (Å²) in [5.41, 5.74) is 3.14. The number of rotatable bonds is 4. The summed E-state index contributed by atoms with van der Waals surface area (Å²) >= 11 is 0. The Morgan fingerprint density at radius 2 is 1.75 bits per heavy atom. The van der Waals surface area contributed by atoms with Crippen molar-refractivity contribution in [3.05, 3.63) is 35.4 Å². The molecule has 0 aromatic heterocycles. The van der Waals surface area contributed by atoms with Crippen molar-refractivity contribution < 1.29 is 4.79 Å². The number of carbonyl (C=O) groups is 1. The minimum atomic E-state index is 0.0567. The van der Waals surface area contributed by atoms with E-state index in [0.29, 0.717) is 16.7 Å². The summed E-state index contributed by atoms with van der Waals surface area (Å²) in [6.45, 7) is 17.8. The second-order valence-corrected chi connectivity index (χ2v) is 15.2. The molecule has 0 saturated heterocycles. The van der Waals surface area contributed by atoms with Gasteiger partial charge in [-0.15, -0.1) is 0 Å². The zero-order chi connectivity index (χ0) is 25.9. The van der Waals surface area contributed by atoms with Gasteiger partial charge in [-0.3, -0.25) is 4.79 Å². The smallest absolute Gasteiger partial charge is 0.251 e. The largest absolute Gasteiger partial charge is 0.352 e. The van der Waals surface area contributed by atoms with Crippen molar-refractivity contribution in [2.75, 3.05) is 6.54 Å². The van der Waals surface area contributed by atoms with Crippen molar-refractivity contribution in [3.8, 4) is 0 Å². The molecule has 4 saturated carbocycles. The Morgan fingerprint density at radius 1 is 1.00 bits per heavy atom. The van der Waals surface area contributed by atoms with Gasteiger partial charge in [-0.25, -0.2) is 0 Å². The third-order valence-corrected chi connectivity index (χ3v) is 12.3. The molecule has 6 unspecified atom stereocenters. The van der Waals surface area contributed by atoms with Crippen molar-refractivity contribution in [2.45, 2.75) is 112 Å². The fourth-order valence-electron chi connectivity index (χ4n) is 10.4. The Morgan fingerprint density at radius 3 is 2.50 bits per heavy atom. The van der Waals surface area contributed by atoms with E-state index in [2.05, 4.69) is 65.9 Å².